The van der Waals surface area contributed by atoms with Crippen molar-refractivity contribution < 1.29 is 4.39 Å². The summed E-state index contributed by atoms with van der Waals surface area (Å²) in [5.41, 5.74) is 0.817. The SMILES string of the molecule is Fc1ccc(Br)c(-c2ncc(CNC3CC3)s2)c1. The Morgan fingerprint density at radius 2 is 2.28 bits per heavy atom. The number of nitrogens with one attached hydrogen (secondary N) is 1. The van der Waals surface area contributed by atoms with Gasteiger partial charge in [0.15, 0.2) is 0 Å². The molecule has 18 heavy (non-hydrogen) atoms. The average molecular weight is 327 g/mol. The number of rotatable bonds is 4. The van der Waals surface area contributed by atoms with E-state index >= 15 is 0 Å². The molecule has 1 N–H and O–H groups in total. The number of nitrogens with zero attached hydrogens (tertiary/aromatic N) is 1. The van der Waals surface area contributed by atoms with Crippen LogP contribution < -0.4 is 5.32 Å². The zero-order valence-corrected chi connectivity index (χ0v) is 12.0. The molecule has 1 fully saturated rings. The van der Waals surface area contributed by atoms with E-state index in [9.17, 15) is 4.39 Å². The van der Waals surface area contributed by atoms with Crippen LogP contribution in [0.1, 0.15) is 17.7 Å². The van der Waals surface area contributed by atoms with Gasteiger partial charge in [0, 0.05) is 33.7 Å². The first kappa shape index (κ1) is 12.3. The van der Waals surface area contributed by atoms with Gasteiger partial charge in [-0.2, -0.15) is 0 Å². The number of benzene rings is 1. The zero-order valence-electron chi connectivity index (χ0n) is 9.62. The van der Waals surface area contributed by atoms with Crippen LogP contribution in [0, 0.1) is 5.82 Å². The topological polar surface area (TPSA) is 24.9 Å². The summed E-state index contributed by atoms with van der Waals surface area (Å²) in [5.74, 6) is -0.235. The Morgan fingerprint density at radius 1 is 1.44 bits per heavy atom. The summed E-state index contributed by atoms with van der Waals surface area (Å²) in [7, 11) is 0. The van der Waals surface area contributed by atoms with Crippen molar-refractivity contribution in [3.8, 4) is 10.6 Å². The van der Waals surface area contributed by atoms with Crippen LogP contribution in [-0.4, -0.2) is 11.0 Å². The van der Waals surface area contributed by atoms with Crippen LogP contribution in [0.5, 0.6) is 0 Å². The molecule has 94 valence electrons. The van der Waals surface area contributed by atoms with Crippen LogP contribution in [0.3, 0.4) is 0 Å². The highest BCUT2D eigenvalue weighted by Gasteiger charge is 2.20. The van der Waals surface area contributed by atoms with Crippen LogP contribution in [-0.2, 0) is 6.54 Å². The summed E-state index contributed by atoms with van der Waals surface area (Å²) >= 11 is 5.04. The Labute approximate surface area is 117 Å². The van der Waals surface area contributed by atoms with E-state index in [1.54, 1.807) is 17.4 Å². The number of thiazole rings is 1. The van der Waals surface area contributed by atoms with Crippen molar-refractivity contribution in [1.82, 2.24) is 10.3 Å². The summed E-state index contributed by atoms with van der Waals surface area (Å²) < 4.78 is 14.1. The molecule has 0 spiro atoms. The standard InChI is InChI=1S/C13H12BrFN2S/c14-12-4-1-8(15)5-11(12)13-17-7-10(18-13)6-16-9-2-3-9/h1,4-5,7,9,16H,2-3,6H2. The third kappa shape index (κ3) is 2.79. The second-order valence-corrected chi connectivity index (χ2v) is 6.38. The molecule has 5 heteroatoms. The highest BCUT2D eigenvalue weighted by Crippen LogP contribution is 2.32. The van der Waals surface area contributed by atoms with Crippen molar-refractivity contribution >= 4 is 27.3 Å². The fourth-order valence-electron chi connectivity index (χ4n) is 1.71. The van der Waals surface area contributed by atoms with Crippen molar-refractivity contribution in [1.29, 1.82) is 0 Å². The molecule has 1 heterocycles. The minimum Gasteiger partial charge on any atom is -0.309 e. The van der Waals surface area contributed by atoms with Gasteiger partial charge in [0.2, 0.25) is 0 Å². The van der Waals surface area contributed by atoms with Gasteiger partial charge < -0.3 is 5.32 Å². The molecule has 3 rings (SSSR count). The van der Waals surface area contributed by atoms with Crippen LogP contribution in [0.2, 0.25) is 0 Å². The van der Waals surface area contributed by atoms with E-state index in [0.29, 0.717) is 6.04 Å². The van der Waals surface area contributed by atoms with Gasteiger partial charge in [0.05, 0.1) is 0 Å². The van der Waals surface area contributed by atoms with Gasteiger partial charge in [-0.1, -0.05) is 15.9 Å². The summed E-state index contributed by atoms with van der Waals surface area (Å²) in [6.07, 6.45) is 4.43. The molecule has 1 aliphatic rings. The minimum atomic E-state index is -0.235. The van der Waals surface area contributed by atoms with Crippen LogP contribution in [0.4, 0.5) is 4.39 Å². The Bertz CT molecular complexity index is 566. The summed E-state index contributed by atoms with van der Waals surface area (Å²) in [6, 6.07) is 5.36. The van der Waals surface area contributed by atoms with Crippen molar-refractivity contribution in [2.75, 3.05) is 0 Å². The van der Waals surface area contributed by atoms with Gasteiger partial charge >= 0.3 is 0 Å². The minimum absolute atomic E-state index is 0.235. The molecule has 0 bridgehead atoms. The van der Waals surface area contributed by atoms with Gasteiger partial charge in [-0.3, -0.25) is 0 Å². The average Bonchev–Trinajstić information content (AvgIpc) is 3.08. The van der Waals surface area contributed by atoms with Gasteiger partial charge in [0.25, 0.3) is 0 Å². The third-order valence-electron chi connectivity index (χ3n) is 2.85. The Kier molecular flexibility index (Phi) is 3.46. The molecule has 1 saturated carbocycles. The fourth-order valence-corrected chi connectivity index (χ4v) is 3.17. The highest BCUT2D eigenvalue weighted by molar-refractivity contribution is 9.10. The van der Waals surface area contributed by atoms with Crippen LogP contribution in [0.25, 0.3) is 10.6 Å². The zero-order chi connectivity index (χ0) is 12.5. The van der Waals surface area contributed by atoms with E-state index in [1.807, 2.05) is 6.20 Å². The predicted molar refractivity (Wildman–Crippen MR) is 75.1 cm³/mol. The maximum atomic E-state index is 13.2. The van der Waals surface area contributed by atoms with Gasteiger partial charge in [-0.05, 0) is 31.0 Å². The first-order chi connectivity index (χ1) is 8.72. The molecule has 0 unspecified atom stereocenters. The Balaban J connectivity index is 1.80. The van der Waals surface area contributed by atoms with Crippen LogP contribution >= 0.6 is 27.3 Å². The lowest BCUT2D eigenvalue weighted by Crippen LogP contribution is -2.14. The van der Waals surface area contributed by atoms with E-state index in [0.717, 1.165) is 21.6 Å². The Morgan fingerprint density at radius 3 is 3.06 bits per heavy atom. The molecule has 0 radical (unpaired) electrons. The smallest absolute Gasteiger partial charge is 0.124 e. The van der Waals surface area contributed by atoms with E-state index < -0.39 is 0 Å². The molecule has 1 aromatic carbocycles. The molecule has 2 nitrogen and oxygen atoms in total. The quantitative estimate of drug-likeness (QED) is 0.919. The molecule has 0 saturated heterocycles. The van der Waals surface area contributed by atoms with Crippen molar-refractivity contribution in [3.63, 3.8) is 0 Å². The largest absolute Gasteiger partial charge is 0.309 e. The summed E-state index contributed by atoms with van der Waals surface area (Å²) in [6.45, 7) is 0.856. The lowest BCUT2D eigenvalue weighted by Gasteiger charge is -2.00. The van der Waals surface area contributed by atoms with Gasteiger partial charge in [-0.25, -0.2) is 9.37 Å². The molecule has 2 aromatic rings. The lowest BCUT2D eigenvalue weighted by molar-refractivity contribution is 0.628. The van der Waals surface area contributed by atoms with E-state index in [2.05, 4.69) is 26.2 Å². The van der Waals surface area contributed by atoms with Gasteiger partial charge in [0.1, 0.15) is 10.8 Å². The molecular formula is C13H12BrFN2S. The molecule has 0 aliphatic heterocycles. The first-order valence-electron chi connectivity index (χ1n) is 5.86. The van der Waals surface area contributed by atoms with Crippen LogP contribution in [0.15, 0.2) is 28.9 Å². The van der Waals surface area contributed by atoms with Crippen molar-refractivity contribution in [2.45, 2.75) is 25.4 Å². The maximum absolute atomic E-state index is 13.2. The number of hydrogen-bond donors (Lipinski definition) is 1. The second kappa shape index (κ2) is 5.07. The Hall–Kier alpha value is -0.780. The second-order valence-electron chi connectivity index (χ2n) is 4.41. The lowest BCUT2D eigenvalue weighted by atomic mass is 10.2. The first-order valence-corrected chi connectivity index (χ1v) is 7.47. The molecule has 1 aliphatic carbocycles. The predicted octanol–water partition coefficient (Wildman–Crippen LogP) is 3.96. The number of aromatic nitrogens is 1. The molecule has 1 aromatic heterocycles. The maximum Gasteiger partial charge on any atom is 0.124 e. The monoisotopic (exact) mass is 326 g/mol. The van der Waals surface area contributed by atoms with Crippen molar-refractivity contribution in [2.24, 2.45) is 0 Å². The molecule has 0 atom stereocenters. The molecule has 0 amide bonds. The third-order valence-corrected chi connectivity index (χ3v) is 4.58. The number of hydrogen-bond acceptors (Lipinski definition) is 3. The van der Waals surface area contributed by atoms with E-state index in [-0.39, 0.29) is 5.82 Å². The summed E-state index contributed by atoms with van der Waals surface area (Å²) in [5, 5.41) is 4.30. The van der Waals surface area contributed by atoms with E-state index in [1.165, 1.54) is 29.9 Å². The molecular weight excluding hydrogens is 315 g/mol. The van der Waals surface area contributed by atoms with E-state index in [4.69, 9.17) is 0 Å². The van der Waals surface area contributed by atoms with Gasteiger partial charge in [-0.15, -0.1) is 11.3 Å². The van der Waals surface area contributed by atoms with Crippen molar-refractivity contribution in [3.05, 3.63) is 39.6 Å². The number of halogens is 2. The highest BCUT2D eigenvalue weighted by atomic mass is 79.9. The summed E-state index contributed by atoms with van der Waals surface area (Å²) in [4.78, 5) is 5.56. The normalized spacial score (nSPS) is 15.0. The fraction of sp³-hybridized carbons (Fsp3) is 0.308.